The molecule has 3 rings (SSSR count). The van der Waals surface area contributed by atoms with Crippen LogP contribution in [0.1, 0.15) is 28.9 Å². The molecule has 1 aliphatic rings. The predicted octanol–water partition coefficient (Wildman–Crippen LogP) is 4.16. The van der Waals surface area contributed by atoms with Crippen molar-refractivity contribution in [2.45, 2.75) is 13.0 Å². The van der Waals surface area contributed by atoms with Gasteiger partial charge in [0.15, 0.2) is 6.61 Å². The van der Waals surface area contributed by atoms with Crippen molar-refractivity contribution in [1.82, 2.24) is 4.90 Å². The Balaban J connectivity index is 1.83. The van der Waals surface area contributed by atoms with E-state index >= 15 is 0 Å². The Morgan fingerprint density at radius 2 is 2.00 bits per heavy atom. The number of amides is 2. The molecule has 0 aromatic heterocycles. The number of hydrogen-bond acceptors (Lipinski definition) is 3. The van der Waals surface area contributed by atoms with Crippen molar-refractivity contribution in [3.05, 3.63) is 57.6 Å². The van der Waals surface area contributed by atoms with Crippen LogP contribution in [0.15, 0.2) is 36.4 Å². The van der Waals surface area contributed by atoms with Gasteiger partial charge in [0.25, 0.3) is 11.8 Å². The number of hydrogen-bond donors (Lipinski definition) is 1. The first-order chi connectivity index (χ1) is 11.9. The second kappa shape index (κ2) is 6.94. The molecule has 0 saturated heterocycles. The maximum absolute atomic E-state index is 12.8. The molecule has 1 aliphatic heterocycles. The quantitative estimate of drug-likeness (QED) is 0.872. The van der Waals surface area contributed by atoms with E-state index < -0.39 is 0 Å². The molecule has 0 spiro atoms. The first-order valence-corrected chi connectivity index (χ1v) is 8.41. The summed E-state index contributed by atoms with van der Waals surface area (Å²) >= 11 is 12.2. The van der Waals surface area contributed by atoms with E-state index in [0.717, 1.165) is 5.56 Å². The molecule has 0 fully saturated rings. The number of halogens is 2. The van der Waals surface area contributed by atoms with Gasteiger partial charge in [-0.1, -0.05) is 29.3 Å². The van der Waals surface area contributed by atoms with Gasteiger partial charge in [-0.2, -0.15) is 0 Å². The lowest BCUT2D eigenvalue weighted by Gasteiger charge is -2.27. The summed E-state index contributed by atoms with van der Waals surface area (Å²) in [4.78, 5) is 25.7. The van der Waals surface area contributed by atoms with Crippen LogP contribution in [0.2, 0.25) is 10.0 Å². The summed E-state index contributed by atoms with van der Waals surface area (Å²) in [6.07, 6.45) is 0. The average Bonchev–Trinajstić information content (AvgIpc) is 2.59. The van der Waals surface area contributed by atoms with Gasteiger partial charge in [-0.15, -0.1) is 0 Å². The SMILES string of the molecule is CC(c1ccc(Cl)cc1Cl)N(C)C(=O)c1ccc2c(c1)OCC(=O)N2. The highest BCUT2D eigenvalue weighted by atomic mass is 35.5. The van der Waals surface area contributed by atoms with Crippen LogP contribution in [0.5, 0.6) is 5.75 Å². The second-order valence-corrected chi connectivity index (χ2v) is 6.65. The van der Waals surface area contributed by atoms with Gasteiger partial charge in [0, 0.05) is 22.7 Å². The number of rotatable bonds is 3. The summed E-state index contributed by atoms with van der Waals surface area (Å²) in [5.74, 6) is 0.0903. The topological polar surface area (TPSA) is 58.6 Å². The van der Waals surface area contributed by atoms with Crippen molar-refractivity contribution in [3.63, 3.8) is 0 Å². The Kier molecular flexibility index (Phi) is 4.88. The summed E-state index contributed by atoms with van der Waals surface area (Å²) in [7, 11) is 1.71. The fourth-order valence-corrected chi connectivity index (χ4v) is 3.20. The molecule has 1 heterocycles. The molecule has 0 saturated carbocycles. The zero-order valence-electron chi connectivity index (χ0n) is 13.7. The molecule has 0 bridgehead atoms. The maximum Gasteiger partial charge on any atom is 0.262 e. The summed E-state index contributed by atoms with van der Waals surface area (Å²) in [5.41, 5.74) is 1.84. The van der Waals surface area contributed by atoms with Crippen LogP contribution in [-0.4, -0.2) is 30.4 Å². The van der Waals surface area contributed by atoms with Gasteiger partial charge in [0.1, 0.15) is 5.75 Å². The normalized spacial score (nSPS) is 14.2. The summed E-state index contributed by atoms with van der Waals surface area (Å²) < 4.78 is 5.37. The van der Waals surface area contributed by atoms with Crippen molar-refractivity contribution >= 4 is 40.7 Å². The van der Waals surface area contributed by atoms with Gasteiger partial charge in [-0.3, -0.25) is 9.59 Å². The molecule has 0 radical (unpaired) electrons. The highest BCUT2D eigenvalue weighted by molar-refractivity contribution is 6.35. The van der Waals surface area contributed by atoms with Crippen LogP contribution in [0.3, 0.4) is 0 Å². The third-order valence-corrected chi connectivity index (χ3v) is 4.74. The second-order valence-electron chi connectivity index (χ2n) is 5.81. The standard InChI is InChI=1S/C18H16Cl2N2O3/c1-10(13-5-4-12(19)8-14(13)20)22(2)18(24)11-3-6-15-16(7-11)25-9-17(23)21-15/h3-8,10H,9H2,1-2H3,(H,21,23). The van der Waals surface area contributed by atoms with E-state index in [1.165, 1.54) is 0 Å². The largest absolute Gasteiger partial charge is 0.482 e. The molecule has 2 aromatic carbocycles. The monoisotopic (exact) mass is 378 g/mol. The number of fused-ring (bicyclic) bond motifs is 1. The highest BCUT2D eigenvalue weighted by Crippen LogP contribution is 2.32. The average molecular weight is 379 g/mol. The molecule has 25 heavy (non-hydrogen) atoms. The molecular formula is C18H16Cl2N2O3. The van der Waals surface area contributed by atoms with Crippen LogP contribution < -0.4 is 10.1 Å². The minimum atomic E-state index is -0.242. The number of nitrogens with one attached hydrogen (secondary N) is 1. The molecule has 1 N–H and O–H groups in total. The van der Waals surface area contributed by atoms with E-state index in [0.29, 0.717) is 27.0 Å². The Bertz CT molecular complexity index is 854. The Labute approximate surface area is 155 Å². The molecule has 5 nitrogen and oxygen atoms in total. The minimum absolute atomic E-state index is 0.0583. The third kappa shape index (κ3) is 3.57. The van der Waals surface area contributed by atoms with Gasteiger partial charge in [0.2, 0.25) is 0 Å². The number of benzene rings is 2. The number of ether oxygens (including phenoxy) is 1. The van der Waals surface area contributed by atoms with E-state index in [1.807, 2.05) is 13.0 Å². The van der Waals surface area contributed by atoms with Crippen LogP contribution in [0.25, 0.3) is 0 Å². The van der Waals surface area contributed by atoms with E-state index in [2.05, 4.69) is 5.32 Å². The number of carbonyl (C=O) groups is 2. The lowest BCUT2D eigenvalue weighted by molar-refractivity contribution is -0.118. The van der Waals surface area contributed by atoms with Gasteiger partial charge in [0.05, 0.1) is 11.7 Å². The fraction of sp³-hybridized carbons (Fsp3) is 0.222. The van der Waals surface area contributed by atoms with Crippen molar-refractivity contribution in [2.75, 3.05) is 19.0 Å². The zero-order chi connectivity index (χ0) is 18.1. The first-order valence-electron chi connectivity index (χ1n) is 7.65. The Morgan fingerprint density at radius 1 is 1.24 bits per heavy atom. The Morgan fingerprint density at radius 3 is 2.72 bits per heavy atom. The lowest BCUT2D eigenvalue weighted by Crippen LogP contribution is -2.30. The highest BCUT2D eigenvalue weighted by Gasteiger charge is 2.23. The molecule has 1 atom stereocenters. The van der Waals surface area contributed by atoms with E-state index in [9.17, 15) is 9.59 Å². The first kappa shape index (κ1) is 17.6. The summed E-state index contributed by atoms with van der Waals surface area (Å²) in [5, 5.41) is 3.75. The molecule has 0 aliphatic carbocycles. The van der Waals surface area contributed by atoms with Crippen molar-refractivity contribution < 1.29 is 14.3 Å². The van der Waals surface area contributed by atoms with Crippen molar-refractivity contribution in [2.24, 2.45) is 0 Å². The molecule has 7 heteroatoms. The summed E-state index contributed by atoms with van der Waals surface area (Å²) in [6.45, 7) is 1.83. The van der Waals surface area contributed by atoms with Crippen LogP contribution in [0, 0.1) is 0 Å². The van der Waals surface area contributed by atoms with Crippen molar-refractivity contribution in [3.8, 4) is 5.75 Å². The van der Waals surface area contributed by atoms with Crippen LogP contribution in [-0.2, 0) is 4.79 Å². The summed E-state index contributed by atoms with van der Waals surface area (Å²) in [6, 6.07) is 9.91. The van der Waals surface area contributed by atoms with Gasteiger partial charge < -0.3 is 15.0 Å². The van der Waals surface area contributed by atoms with Gasteiger partial charge >= 0.3 is 0 Å². The smallest absolute Gasteiger partial charge is 0.262 e. The van der Waals surface area contributed by atoms with Gasteiger partial charge in [-0.25, -0.2) is 0 Å². The lowest BCUT2D eigenvalue weighted by atomic mass is 10.1. The van der Waals surface area contributed by atoms with Gasteiger partial charge in [-0.05, 0) is 42.8 Å². The predicted molar refractivity (Wildman–Crippen MR) is 97.5 cm³/mol. The van der Waals surface area contributed by atoms with E-state index in [-0.39, 0.29) is 24.5 Å². The number of carbonyl (C=O) groups excluding carboxylic acids is 2. The van der Waals surface area contributed by atoms with E-state index in [4.69, 9.17) is 27.9 Å². The molecule has 2 aromatic rings. The molecular weight excluding hydrogens is 363 g/mol. The maximum atomic E-state index is 12.8. The fourth-order valence-electron chi connectivity index (χ4n) is 2.64. The Hall–Kier alpha value is -2.24. The van der Waals surface area contributed by atoms with Crippen LogP contribution >= 0.6 is 23.2 Å². The molecule has 1 unspecified atom stereocenters. The minimum Gasteiger partial charge on any atom is -0.482 e. The third-order valence-electron chi connectivity index (χ3n) is 4.18. The van der Waals surface area contributed by atoms with E-state index in [1.54, 1.807) is 42.3 Å². The number of nitrogens with zero attached hydrogens (tertiary/aromatic N) is 1. The molecule has 2 amide bonds. The van der Waals surface area contributed by atoms with Crippen LogP contribution in [0.4, 0.5) is 5.69 Å². The zero-order valence-corrected chi connectivity index (χ0v) is 15.2. The molecule has 130 valence electrons. The van der Waals surface area contributed by atoms with Crippen molar-refractivity contribution in [1.29, 1.82) is 0 Å². The number of anilines is 1.